The van der Waals surface area contributed by atoms with Crippen molar-refractivity contribution in [2.24, 2.45) is 0 Å². The molecule has 2 rings (SSSR count). The number of hydrogen-bond acceptors (Lipinski definition) is 2. The predicted molar refractivity (Wildman–Crippen MR) is 79.2 cm³/mol. The van der Waals surface area contributed by atoms with Crippen molar-refractivity contribution in [2.75, 3.05) is 7.05 Å². The second-order valence-electron chi connectivity index (χ2n) is 4.05. The van der Waals surface area contributed by atoms with Crippen LogP contribution in [0.1, 0.15) is 15.9 Å². The minimum Gasteiger partial charge on any atom is -0.337 e. The summed E-state index contributed by atoms with van der Waals surface area (Å²) in [5.74, 6) is -0.716. The molecule has 0 unspecified atom stereocenters. The van der Waals surface area contributed by atoms with Crippen LogP contribution in [-0.2, 0) is 6.54 Å². The zero-order valence-corrected chi connectivity index (χ0v) is 13.1. The lowest BCUT2D eigenvalue weighted by Gasteiger charge is -2.16. The van der Waals surface area contributed by atoms with Gasteiger partial charge in [0.2, 0.25) is 0 Å². The maximum absolute atomic E-state index is 13.1. The zero-order valence-electron chi connectivity index (χ0n) is 9.99. The van der Waals surface area contributed by atoms with Crippen LogP contribution < -0.4 is 0 Å². The number of carbonyl (C=O) groups excluding carboxylic acids is 1. The SMILES string of the molecule is CN(Cc1csc(Br)c1)C(=O)c1ccc(F)c(Cl)c1. The molecule has 1 aromatic heterocycles. The second kappa shape index (κ2) is 6.03. The standard InChI is InChI=1S/C13H10BrClFNOS/c1-17(6-8-4-12(14)19-7-8)13(18)9-2-3-11(16)10(15)5-9/h2-5,7H,6H2,1H3. The van der Waals surface area contributed by atoms with Gasteiger partial charge in [-0.15, -0.1) is 11.3 Å². The number of thiophene rings is 1. The van der Waals surface area contributed by atoms with E-state index in [1.807, 2.05) is 11.4 Å². The molecular formula is C13H10BrClFNOS. The second-order valence-corrected chi connectivity index (χ2v) is 6.75. The largest absolute Gasteiger partial charge is 0.337 e. The van der Waals surface area contributed by atoms with Crippen LogP contribution in [0.4, 0.5) is 4.39 Å². The number of hydrogen-bond donors (Lipinski definition) is 0. The van der Waals surface area contributed by atoms with Gasteiger partial charge in [-0.05, 0) is 51.1 Å². The van der Waals surface area contributed by atoms with Crippen molar-refractivity contribution in [3.8, 4) is 0 Å². The van der Waals surface area contributed by atoms with Crippen LogP contribution in [0.15, 0.2) is 33.4 Å². The topological polar surface area (TPSA) is 20.3 Å². The van der Waals surface area contributed by atoms with E-state index < -0.39 is 5.82 Å². The number of halogens is 3. The third-order valence-electron chi connectivity index (χ3n) is 2.55. The van der Waals surface area contributed by atoms with Crippen LogP contribution in [0.5, 0.6) is 0 Å². The van der Waals surface area contributed by atoms with Crippen molar-refractivity contribution in [3.05, 3.63) is 55.4 Å². The van der Waals surface area contributed by atoms with Gasteiger partial charge in [-0.25, -0.2) is 4.39 Å². The fourth-order valence-electron chi connectivity index (χ4n) is 1.62. The first-order valence-corrected chi connectivity index (χ1v) is 7.46. The van der Waals surface area contributed by atoms with E-state index in [1.165, 1.54) is 18.2 Å². The Morgan fingerprint density at radius 1 is 1.47 bits per heavy atom. The average molecular weight is 363 g/mol. The van der Waals surface area contributed by atoms with E-state index >= 15 is 0 Å². The summed E-state index contributed by atoms with van der Waals surface area (Å²) in [5.41, 5.74) is 1.42. The molecule has 0 fully saturated rings. The monoisotopic (exact) mass is 361 g/mol. The van der Waals surface area contributed by atoms with Crippen molar-refractivity contribution < 1.29 is 9.18 Å². The Balaban J connectivity index is 2.12. The van der Waals surface area contributed by atoms with Gasteiger partial charge in [0.05, 0.1) is 8.81 Å². The summed E-state index contributed by atoms with van der Waals surface area (Å²) in [7, 11) is 1.70. The molecule has 0 radical (unpaired) electrons. The van der Waals surface area contributed by atoms with Crippen LogP contribution in [0.2, 0.25) is 5.02 Å². The summed E-state index contributed by atoms with van der Waals surface area (Å²) in [6.45, 7) is 0.496. The van der Waals surface area contributed by atoms with Gasteiger partial charge in [0, 0.05) is 19.2 Å². The Hall–Kier alpha value is -0.910. The highest BCUT2D eigenvalue weighted by atomic mass is 79.9. The number of carbonyl (C=O) groups is 1. The molecule has 2 nitrogen and oxygen atoms in total. The Morgan fingerprint density at radius 2 is 2.21 bits per heavy atom. The molecule has 2 aromatic rings. The molecule has 0 spiro atoms. The van der Waals surface area contributed by atoms with Crippen molar-refractivity contribution in [2.45, 2.75) is 6.54 Å². The third-order valence-corrected chi connectivity index (χ3v) is 4.40. The summed E-state index contributed by atoms with van der Waals surface area (Å²) in [5, 5.41) is 1.93. The van der Waals surface area contributed by atoms with Gasteiger partial charge < -0.3 is 4.90 Å². The first kappa shape index (κ1) is 14.5. The summed E-state index contributed by atoms with van der Waals surface area (Å²) < 4.78 is 14.1. The Morgan fingerprint density at radius 3 is 2.79 bits per heavy atom. The Labute approximate surface area is 127 Å². The highest BCUT2D eigenvalue weighted by Gasteiger charge is 2.14. The van der Waals surface area contributed by atoms with Crippen LogP contribution >= 0.6 is 38.9 Å². The Bertz CT molecular complexity index is 616. The van der Waals surface area contributed by atoms with Gasteiger partial charge in [0.25, 0.3) is 5.91 Å². The molecule has 1 aromatic carbocycles. The van der Waals surface area contributed by atoms with E-state index in [0.29, 0.717) is 12.1 Å². The Kier molecular flexibility index (Phi) is 4.60. The van der Waals surface area contributed by atoms with E-state index in [0.717, 1.165) is 9.35 Å². The number of rotatable bonds is 3. The number of nitrogens with zero attached hydrogens (tertiary/aromatic N) is 1. The maximum Gasteiger partial charge on any atom is 0.253 e. The molecule has 0 bridgehead atoms. The third kappa shape index (κ3) is 3.55. The zero-order chi connectivity index (χ0) is 14.0. The smallest absolute Gasteiger partial charge is 0.253 e. The molecule has 0 aliphatic heterocycles. The fraction of sp³-hybridized carbons (Fsp3) is 0.154. The van der Waals surface area contributed by atoms with Crippen molar-refractivity contribution in [1.82, 2.24) is 4.90 Å². The van der Waals surface area contributed by atoms with Gasteiger partial charge in [0.1, 0.15) is 5.82 Å². The molecule has 0 saturated heterocycles. The molecule has 1 heterocycles. The lowest BCUT2D eigenvalue weighted by molar-refractivity contribution is 0.0785. The molecule has 0 aliphatic rings. The van der Waals surface area contributed by atoms with E-state index in [2.05, 4.69) is 15.9 Å². The molecule has 19 heavy (non-hydrogen) atoms. The van der Waals surface area contributed by atoms with Crippen molar-refractivity contribution in [1.29, 1.82) is 0 Å². The molecule has 1 amide bonds. The first-order chi connectivity index (χ1) is 8.97. The molecule has 100 valence electrons. The minimum absolute atomic E-state index is 0.0440. The average Bonchev–Trinajstić information content (AvgIpc) is 2.77. The molecular weight excluding hydrogens is 353 g/mol. The summed E-state index contributed by atoms with van der Waals surface area (Å²) >= 11 is 10.6. The van der Waals surface area contributed by atoms with E-state index in [-0.39, 0.29) is 10.9 Å². The van der Waals surface area contributed by atoms with E-state index in [1.54, 1.807) is 23.3 Å². The van der Waals surface area contributed by atoms with Crippen LogP contribution in [0.25, 0.3) is 0 Å². The minimum atomic E-state index is -0.525. The highest BCUT2D eigenvalue weighted by Crippen LogP contribution is 2.22. The lowest BCUT2D eigenvalue weighted by atomic mass is 10.2. The summed E-state index contributed by atoms with van der Waals surface area (Å²) in [6.07, 6.45) is 0. The number of benzene rings is 1. The molecule has 0 saturated carbocycles. The van der Waals surface area contributed by atoms with E-state index in [9.17, 15) is 9.18 Å². The molecule has 0 N–H and O–H groups in total. The maximum atomic E-state index is 13.1. The number of amides is 1. The van der Waals surface area contributed by atoms with Gasteiger partial charge in [0.15, 0.2) is 0 Å². The molecule has 0 aliphatic carbocycles. The predicted octanol–water partition coefficient (Wildman–Crippen LogP) is 4.58. The van der Waals surface area contributed by atoms with Gasteiger partial charge in [-0.2, -0.15) is 0 Å². The quantitative estimate of drug-likeness (QED) is 0.783. The first-order valence-electron chi connectivity index (χ1n) is 5.41. The van der Waals surface area contributed by atoms with Gasteiger partial charge in [-0.1, -0.05) is 11.6 Å². The van der Waals surface area contributed by atoms with Crippen molar-refractivity contribution in [3.63, 3.8) is 0 Å². The van der Waals surface area contributed by atoms with E-state index in [4.69, 9.17) is 11.6 Å². The lowest BCUT2D eigenvalue weighted by Crippen LogP contribution is -2.26. The van der Waals surface area contributed by atoms with Crippen LogP contribution in [-0.4, -0.2) is 17.9 Å². The normalized spacial score (nSPS) is 10.5. The summed E-state index contributed by atoms with van der Waals surface area (Å²) in [4.78, 5) is 13.7. The molecule has 6 heteroatoms. The summed E-state index contributed by atoms with van der Waals surface area (Å²) in [6, 6.07) is 5.94. The molecule has 0 atom stereocenters. The fourth-order valence-corrected chi connectivity index (χ4v) is 3.00. The van der Waals surface area contributed by atoms with Gasteiger partial charge >= 0.3 is 0 Å². The van der Waals surface area contributed by atoms with Crippen LogP contribution in [0, 0.1) is 5.82 Å². The van der Waals surface area contributed by atoms with Crippen molar-refractivity contribution >= 4 is 44.8 Å². The van der Waals surface area contributed by atoms with Gasteiger partial charge in [-0.3, -0.25) is 4.79 Å². The highest BCUT2D eigenvalue weighted by molar-refractivity contribution is 9.11. The van der Waals surface area contributed by atoms with Crippen LogP contribution in [0.3, 0.4) is 0 Å².